The standard InChI is InChI=1S/C17H20FNS/c1-11-7-5-6-8-16(11)20-17-9-12(2)15(18)10-14(17)13(3)19-4/h5-10,13,19H,1-4H3. The van der Waals surface area contributed by atoms with Crippen molar-refractivity contribution in [3.63, 3.8) is 0 Å². The van der Waals surface area contributed by atoms with Crippen LogP contribution in [-0.4, -0.2) is 7.05 Å². The molecule has 2 aromatic rings. The third-order valence-corrected chi connectivity index (χ3v) is 4.76. The van der Waals surface area contributed by atoms with Gasteiger partial charge in [0.15, 0.2) is 0 Å². The molecule has 1 N–H and O–H groups in total. The van der Waals surface area contributed by atoms with Crippen molar-refractivity contribution in [3.8, 4) is 0 Å². The lowest BCUT2D eigenvalue weighted by molar-refractivity contribution is 0.594. The summed E-state index contributed by atoms with van der Waals surface area (Å²) in [6.07, 6.45) is 0. The molecule has 2 rings (SSSR count). The molecule has 0 radical (unpaired) electrons. The van der Waals surface area contributed by atoms with Crippen LogP contribution in [0.4, 0.5) is 4.39 Å². The van der Waals surface area contributed by atoms with Gasteiger partial charge in [-0.1, -0.05) is 30.0 Å². The van der Waals surface area contributed by atoms with Crippen LogP contribution in [0.25, 0.3) is 0 Å². The fourth-order valence-corrected chi connectivity index (χ4v) is 3.24. The zero-order valence-electron chi connectivity index (χ0n) is 12.3. The van der Waals surface area contributed by atoms with Crippen LogP contribution in [0, 0.1) is 19.7 Å². The number of rotatable bonds is 4. The Morgan fingerprint density at radius 3 is 2.40 bits per heavy atom. The molecule has 0 bridgehead atoms. The van der Waals surface area contributed by atoms with Crippen LogP contribution in [0.1, 0.15) is 29.7 Å². The molecule has 106 valence electrons. The quantitative estimate of drug-likeness (QED) is 0.861. The van der Waals surface area contributed by atoms with E-state index < -0.39 is 0 Å². The van der Waals surface area contributed by atoms with Crippen LogP contribution < -0.4 is 5.32 Å². The van der Waals surface area contributed by atoms with Crippen molar-refractivity contribution in [2.75, 3.05) is 7.05 Å². The molecule has 1 atom stereocenters. The highest BCUT2D eigenvalue weighted by Crippen LogP contribution is 2.36. The molecule has 0 aliphatic rings. The Bertz CT molecular complexity index is 610. The molecule has 3 heteroatoms. The van der Waals surface area contributed by atoms with Gasteiger partial charge in [-0.2, -0.15) is 0 Å². The molecular formula is C17H20FNS. The van der Waals surface area contributed by atoms with Crippen LogP contribution >= 0.6 is 11.8 Å². The predicted octanol–water partition coefficient (Wildman–Crippen LogP) is 4.87. The van der Waals surface area contributed by atoms with E-state index in [1.165, 1.54) is 10.5 Å². The molecule has 20 heavy (non-hydrogen) atoms. The highest BCUT2D eigenvalue weighted by molar-refractivity contribution is 7.99. The number of hydrogen-bond donors (Lipinski definition) is 1. The second kappa shape index (κ2) is 6.42. The van der Waals surface area contributed by atoms with E-state index in [-0.39, 0.29) is 11.9 Å². The van der Waals surface area contributed by atoms with Crippen LogP contribution in [0.3, 0.4) is 0 Å². The summed E-state index contributed by atoms with van der Waals surface area (Å²) in [6, 6.07) is 12.0. The van der Waals surface area contributed by atoms with Crippen molar-refractivity contribution in [1.29, 1.82) is 0 Å². The number of aryl methyl sites for hydroxylation is 2. The van der Waals surface area contributed by atoms with E-state index in [1.54, 1.807) is 17.8 Å². The van der Waals surface area contributed by atoms with Gasteiger partial charge >= 0.3 is 0 Å². The maximum absolute atomic E-state index is 13.8. The first-order valence-corrected chi connectivity index (χ1v) is 7.55. The zero-order chi connectivity index (χ0) is 14.7. The van der Waals surface area contributed by atoms with E-state index in [1.807, 2.05) is 39.1 Å². The van der Waals surface area contributed by atoms with Gasteiger partial charge in [0, 0.05) is 15.8 Å². The van der Waals surface area contributed by atoms with Gasteiger partial charge in [-0.05, 0) is 62.7 Å². The number of benzene rings is 2. The average molecular weight is 289 g/mol. The van der Waals surface area contributed by atoms with Gasteiger partial charge in [0.1, 0.15) is 5.82 Å². The third-order valence-electron chi connectivity index (χ3n) is 3.50. The number of nitrogens with one attached hydrogen (secondary N) is 1. The van der Waals surface area contributed by atoms with Gasteiger partial charge in [0.05, 0.1) is 0 Å². The first-order chi connectivity index (χ1) is 9.52. The van der Waals surface area contributed by atoms with Crippen molar-refractivity contribution < 1.29 is 4.39 Å². The van der Waals surface area contributed by atoms with Crippen molar-refractivity contribution in [2.45, 2.75) is 36.6 Å². The van der Waals surface area contributed by atoms with Crippen LogP contribution in [0.5, 0.6) is 0 Å². The number of hydrogen-bond acceptors (Lipinski definition) is 2. The topological polar surface area (TPSA) is 12.0 Å². The molecule has 0 saturated heterocycles. The molecule has 0 aliphatic carbocycles. The molecular weight excluding hydrogens is 269 g/mol. The monoisotopic (exact) mass is 289 g/mol. The van der Waals surface area contributed by atoms with Crippen molar-refractivity contribution in [1.82, 2.24) is 5.32 Å². The van der Waals surface area contributed by atoms with Crippen molar-refractivity contribution in [3.05, 3.63) is 58.9 Å². The van der Waals surface area contributed by atoms with Gasteiger partial charge in [0.2, 0.25) is 0 Å². The van der Waals surface area contributed by atoms with E-state index in [0.29, 0.717) is 5.56 Å². The Hall–Kier alpha value is -1.32. The molecule has 0 fully saturated rings. The van der Waals surface area contributed by atoms with Gasteiger partial charge in [-0.15, -0.1) is 0 Å². The number of halogens is 1. The van der Waals surface area contributed by atoms with E-state index in [2.05, 4.69) is 24.4 Å². The third kappa shape index (κ3) is 3.22. The fourth-order valence-electron chi connectivity index (χ4n) is 2.04. The average Bonchev–Trinajstić information content (AvgIpc) is 2.44. The van der Waals surface area contributed by atoms with Crippen molar-refractivity contribution in [2.24, 2.45) is 0 Å². The van der Waals surface area contributed by atoms with Gasteiger partial charge < -0.3 is 5.32 Å². The smallest absolute Gasteiger partial charge is 0.126 e. The summed E-state index contributed by atoms with van der Waals surface area (Å²) < 4.78 is 13.8. The molecule has 2 aromatic carbocycles. The van der Waals surface area contributed by atoms with E-state index in [4.69, 9.17) is 0 Å². The molecule has 0 saturated carbocycles. The molecule has 1 nitrogen and oxygen atoms in total. The molecule has 0 spiro atoms. The van der Waals surface area contributed by atoms with E-state index in [0.717, 1.165) is 10.5 Å². The van der Waals surface area contributed by atoms with Crippen molar-refractivity contribution >= 4 is 11.8 Å². The summed E-state index contributed by atoms with van der Waals surface area (Å²) in [4.78, 5) is 2.32. The largest absolute Gasteiger partial charge is 0.313 e. The summed E-state index contributed by atoms with van der Waals surface area (Å²) in [6.45, 7) is 5.96. The maximum Gasteiger partial charge on any atom is 0.126 e. The highest BCUT2D eigenvalue weighted by atomic mass is 32.2. The summed E-state index contributed by atoms with van der Waals surface area (Å²) in [7, 11) is 1.89. The minimum absolute atomic E-state index is 0.122. The molecule has 0 aliphatic heterocycles. The molecule has 0 amide bonds. The maximum atomic E-state index is 13.8. The van der Waals surface area contributed by atoms with E-state index in [9.17, 15) is 4.39 Å². The normalized spacial score (nSPS) is 12.4. The van der Waals surface area contributed by atoms with E-state index >= 15 is 0 Å². The fraction of sp³-hybridized carbons (Fsp3) is 0.294. The lowest BCUT2D eigenvalue weighted by Crippen LogP contribution is -2.13. The highest BCUT2D eigenvalue weighted by Gasteiger charge is 2.14. The Morgan fingerprint density at radius 1 is 1.05 bits per heavy atom. The molecule has 1 unspecified atom stereocenters. The molecule has 0 aromatic heterocycles. The Labute approximate surface area is 124 Å². The first kappa shape index (κ1) is 15.1. The van der Waals surface area contributed by atoms with Crippen LogP contribution in [0.2, 0.25) is 0 Å². The lowest BCUT2D eigenvalue weighted by atomic mass is 10.1. The SMILES string of the molecule is CNC(C)c1cc(F)c(C)cc1Sc1ccccc1C. The Morgan fingerprint density at radius 2 is 1.75 bits per heavy atom. The second-order valence-electron chi connectivity index (χ2n) is 5.02. The van der Waals surface area contributed by atoms with Gasteiger partial charge in [0.25, 0.3) is 0 Å². The van der Waals surface area contributed by atoms with Crippen LogP contribution in [0.15, 0.2) is 46.2 Å². The zero-order valence-corrected chi connectivity index (χ0v) is 13.1. The Kier molecular flexibility index (Phi) is 4.84. The van der Waals surface area contributed by atoms with Gasteiger partial charge in [-0.25, -0.2) is 4.39 Å². The predicted molar refractivity (Wildman–Crippen MR) is 83.9 cm³/mol. The minimum atomic E-state index is -0.142. The minimum Gasteiger partial charge on any atom is -0.313 e. The summed E-state index contributed by atoms with van der Waals surface area (Å²) in [5.41, 5.74) is 2.93. The van der Waals surface area contributed by atoms with Gasteiger partial charge in [-0.3, -0.25) is 0 Å². The van der Waals surface area contributed by atoms with Crippen LogP contribution in [-0.2, 0) is 0 Å². The molecule has 0 heterocycles. The summed E-state index contributed by atoms with van der Waals surface area (Å²) in [5.74, 6) is -0.142. The summed E-state index contributed by atoms with van der Waals surface area (Å²) >= 11 is 1.70. The first-order valence-electron chi connectivity index (χ1n) is 6.73. The second-order valence-corrected chi connectivity index (χ2v) is 6.10. The Balaban J connectivity index is 2.45. The lowest BCUT2D eigenvalue weighted by Gasteiger charge is -2.17. The summed E-state index contributed by atoms with van der Waals surface area (Å²) in [5, 5.41) is 3.19.